The summed E-state index contributed by atoms with van der Waals surface area (Å²) in [6.07, 6.45) is 2.45. The molecule has 1 aliphatic carbocycles. The second-order valence-electron chi connectivity index (χ2n) is 8.48. The molecule has 3 heterocycles. The number of thioether (sulfide) groups is 1. The van der Waals surface area contributed by atoms with E-state index in [1.807, 2.05) is 0 Å². The molecule has 1 aliphatic heterocycles. The van der Waals surface area contributed by atoms with Crippen LogP contribution in [-0.2, 0) is 11.3 Å². The zero-order valence-corrected chi connectivity index (χ0v) is 18.7. The van der Waals surface area contributed by atoms with E-state index in [2.05, 4.69) is 58.0 Å². The third-order valence-electron chi connectivity index (χ3n) is 5.57. The van der Waals surface area contributed by atoms with Gasteiger partial charge in [0.05, 0.1) is 19.0 Å². The van der Waals surface area contributed by atoms with E-state index in [1.165, 1.54) is 30.3 Å². The van der Waals surface area contributed by atoms with Gasteiger partial charge in [0.15, 0.2) is 10.9 Å². The van der Waals surface area contributed by atoms with Gasteiger partial charge in [-0.1, -0.05) is 25.6 Å². The molecule has 0 unspecified atom stereocenters. The molecule has 0 atom stereocenters. The first-order valence-corrected chi connectivity index (χ1v) is 11.5. The number of hydrogen-bond acceptors (Lipinski definition) is 6. The Balaban J connectivity index is 1.49. The SMILES string of the molecule is Cc1cc(C(=O)CSc2nnc(N3CCOCC3)n2CC(C)C)c(C)n1C1CC1. The fourth-order valence-electron chi connectivity index (χ4n) is 4.07. The van der Waals surface area contributed by atoms with Gasteiger partial charge in [-0.3, -0.25) is 9.36 Å². The van der Waals surface area contributed by atoms with E-state index >= 15 is 0 Å². The highest BCUT2D eigenvalue weighted by atomic mass is 32.2. The summed E-state index contributed by atoms with van der Waals surface area (Å²) in [7, 11) is 0. The molecule has 0 amide bonds. The van der Waals surface area contributed by atoms with Crippen LogP contribution in [0.4, 0.5) is 5.95 Å². The molecular formula is C21H31N5O2S. The van der Waals surface area contributed by atoms with E-state index < -0.39 is 0 Å². The smallest absolute Gasteiger partial charge is 0.228 e. The number of Topliss-reactive ketones (excluding diaryl/α,β-unsaturated/α-hetero) is 1. The summed E-state index contributed by atoms with van der Waals surface area (Å²) >= 11 is 1.50. The van der Waals surface area contributed by atoms with Crippen LogP contribution in [0.25, 0.3) is 0 Å². The molecule has 2 aromatic rings. The maximum atomic E-state index is 13.0. The predicted octanol–water partition coefficient (Wildman–Crippen LogP) is 3.50. The van der Waals surface area contributed by atoms with Crippen molar-refractivity contribution in [3.63, 3.8) is 0 Å². The summed E-state index contributed by atoms with van der Waals surface area (Å²) in [6, 6.07) is 2.64. The number of rotatable bonds is 8. The van der Waals surface area contributed by atoms with E-state index in [-0.39, 0.29) is 5.78 Å². The summed E-state index contributed by atoms with van der Waals surface area (Å²) < 4.78 is 9.97. The molecule has 4 rings (SSSR count). The highest BCUT2D eigenvalue weighted by Gasteiger charge is 2.28. The van der Waals surface area contributed by atoms with Gasteiger partial charge >= 0.3 is 0 Å². The molecule has 2 fully saturated rings. The van der Waals surface area contributed by atoms with Crippen LogP contribution in [0, 0.1) is 19.8 Å². The van der Waals surface area contributed by atoms with Gasteiger partial charge < -0.3 is 14.2 Å². The minimum atomic E-state index is 0.169. The lowest BCUT2D eigenvalue weighted by molar-refractivity contribution is 0.102. The number of carbonyl (C=O) groups excluding carboxylic acids is 1. The quantitative estimate of drug-likeness (QED) is 0.484. The van der Waals surface area contributed by atoms with E-state index in [1.54, 1.807) is 0 Å². The molecular weight excluding hydrogens is 386 g/mol. The molecule has 0 N–H and O–H groups in total. The van der Waals surface area contributed by atoms with E-state index in [9.17, 15) is 4.79 Å². The molecule has 158 valence electrons. The molecule has 2 aliphatic rings. The van der Waals surface area contributed by atoms with Gasteiger partial charge in [0.1, 0.15) is 0 Å². The van der Waals surface area contributed by atoms with Crippen LogP contribution in [-0.4, -0.2) is 57.2 Å². The van der Waals surface area contributed by atoms with E-state index in [4.69, 9.17) is 4.74 Å². The Hall–Kier alpha value is -1.80. The molecule has 2 aromatic heterocycles. The van der Waals surface area contributed by atoms with Gasteiger partial charge in [0.25, 0.3) is 0 Å². The first-order valence-electron chi connectivity index (χ1n) is 10.6. The van der Waals surface area contributed by atoms with Crippen molar-refractivity contribution in [2.24, 2.45) is 5.92 Å². The highest BCUT2D eigenvalue weighted by molar-refractivity contribution is 7.99. The van der Waals surface area contributed by atoms with Crippen LogP contribution in [0.15, 0.2) is 11.2 Å². The van der Waals surface area contributed by atoms with Gasteiger partial charge in [-0.05, 0) is 38.7 Å². The van der Waals surface area contributed by atoms with E-state index in [0.717, 1.165) is 42.0 Å². The largest absolute Gasteiger partial charge is 0.378 e. The molecule has 0 radical (unpaired) electrons. The lowest BCUT2D eigenvalue weighted by Crippen LogP contribution is -2.38. The maximum absolute atomic E-state index is 13.0. The van der Waals surface area contributed by atoms with Crippen LogP contribution in [0.2, 0.25) is 0 Å². The number of hydrogen-bond donors (Lipinski definition) is 0. The molecule has 1 saturated carbocycles. The lowest BCUT2D eigenvalue weighted by atomic mass is 10.2. The van der Waals surface area contributed by atoms with Crippen molar-refractivity contribution >= 4 is 23.5 Å². The van der Waals surface area contributed by atoms with Crippen molar-refractivity contribution in [1.29, 1.82) is 0 Å². The Morgan fingerprint density at radius 3 is 2.62 bits per heavy atom. The van der Waals surface area contributed by atoms with Crippen LogP contribution >= 0.6 is 11.8 Å². The van der Waals surface area contributed by atoms with Crippen LogP contribution < -0.4 is 4.90 Å². The minimum Gasteiger partial charge on any atom is -0.378 e. The van der Waals surface area contributed by atoms with E-state index in [0.29, 0.717) is 30.9 Å². The van der Waals surface area contributed by atoms with Crippen molar-refractivity contribution in [2.75, 3.05) is 37.0 Å². The number of carbonyl (C=O) groups is 1. The number of aromatic nitrogens is 4. The Morgan fingerprint density at radius 1 is 1.24 bits per heavy atom. The molecule has 0 aromatic carbocycles. The van der Waals surface area contributed by atoms with Gasteiger partial charge in [-0.25, -0.2) is 0 Å². The normalized spacial score (nSPS) is 17.3. The van der Waals surface area contributed by atoms with Crippen LogP contribution in [0.5, 0.6) is 0 Å². The zero-order valence-electron chi connectivity index (χ0n) is 17.8. The maximum Gasteiger partial charge on any atom is 0.228 e. The first-order chi connectivity index (χ1) is 14.0. The average Bonchev–Trinajstić information content (AvgIpc) is 3.38. The summed E-state index contributed by atoms with van der Waals surface area (Å²) in [5.74, 6) is 1.91. The van der Waals surface area contributed by atoms with Crippen molar-refractivity contribution in [2.45, 2.75) is 58.3 Å². The summed E-state index contributed by atoms with van der Waals surface area (Å²) in [4.78, 5) is 15.2. The van der Waals surface area contributed by atoms with Crippen LogP contribution in [0.3, 0.4) is 0 Å². The van der Waals surface area contributed by atoms with Gasteiger partial charge in [0.2, 0.25) is 5.95 Å². The Bertz CT molecular complexity index is 878. The monoisotopic (exact) mass is 417 g/mol. The number of nitrogens with zero attached hydrogens (tertiary/aromatic N) is 5. The minimum absolute atomic E-state index is 0.169. The fourth-order valence-corrected chi connectivity index (χ4v) is 4.90. The van der Waals surface area contributed by atoms with Crippen LogP contribution in [0.1, 0.15) is 54.5 Å². The predicted molar refractivity (Wildman–Crippen MR) is 115 cm³/mol. The number of aryl methyl sites for hydroxylation is 1. The Labute approximate surface area is 176 Å². The molecule has 7 nitrogen and oxygen atoms in total. The topological polar surface area (TPSA) is 65.2 Å². The summed E-state index contributed by atoms with van der Waals surface area (Å²) in [5.41, 5.74) is 3.15. The molecule has 0 spiro atoms. The number of anilines is 1. The molecule has 29 heavy (non-hydrogen) atoms. The zero-order chi connectivity index (χ0) is 20.5. The van der Waals surface area contributed by atoms with Crippen molar-refractivity contribution in [3.8, 4) is 0 Å². The Morgan fingerprint density at radius 2 is 1.97 bits per heavy atom. The van der Waals surface area contributed by atoms with Crippen molar-refractivity contribution in [1.82, 2.24) is 19.3 Å². The fraction of sp³-hybridized carbons (Fsp3) is 0.667. The van der Waals surface area contributed by atoms with Gasteiger partial charge in [-0.2, -0.15) is 0 Å². The molecule has 8 heteroatoms. The second kappa shape index (κ2) is 8.52. The second-order valence-corrected chi connectivity index (χ2v) is 9.43. The van der Waals surface area contributed by atoms with Crippen molar-refractivity contribution in [3.05, 3.63) is 23.0 Å². The first kappa shape index (κ1) is 20.5. The third kappa shape index (κ3) is 4.38. The summed E-state index contributed by atoms with van der Waals surface area (Å²) in [5, 5.41) is 9.71. The molecule has 1 saturated heterocycles. The third-order valence-corrected chi connectivity index (χ3v) is 6.53. The Kier molecular flexibility index (Phi) is 6.01. The average molecular weight is 418 g/mol. The standard InChI is InChI=1S/C21H31N5O2S/c1-14(2)12-25-20(24-7-9-28-10-8-24)22-23-21(25)29-13-19(27)18-11-15(3)26(16(18)4)17-5-6-17/h11,14,17H,5-10,12-13H2,1-4H3. The number of morpholine rings is 1. The lowest BCUT2D eigenvalue weighted by Gasteiger charge is -2.28. The van der Waals surface area contributed by atoms with Gasteiger partial charge in [-0.15, -0.1) is 10.2 Å². The summed E-state index contributed by atoms with van der Waals surface area (Å²) in [6.45, 7) is 12.5. The van der Waals surface area contributed by atoms with Gasteiger partial charge in [0, 0.05) is 42.6 Å². The molecule has 0 bridgehead atoms. The van der Waals surface area contributed by atoms with Crippen molar-refractivity contribution < 1.29 is 9.53 Å². The number of ether oxygens (including phenoxy) is 1. The number of ketones is 1. The highest BCUT2D eigenvalue weighted by Crippen LogP contribution is 2.38.